The molecule has 0 radical (unpaired) electrons. The molecular formula is C19H27N3O3. The van der Waals surface area contributed by atoms with E-state index in [0.717, 1.165) is 17.8 Å². The molecule has 2 saturated heterocycles. The molecule has 0 aromatic heterocycles. The van der Waals surface area contributed by atoms with Gasteiger partial charge in [-0.1, -0.05) is 0 Å². The van der Waals surface area contributed by atoms with E-state index in [1.165, 1.54) is 38.5 Å². The maximum atomic E-state index is 13.0. The summed E-state index contributed by atoms with van der Waals surface area (Å²) in [5.74, 6) is 2.62. The number of carbonyl (C=O) groups is 3. The zero-order valence-electron chi connectivity index (χ0n) is 14.7. The average molecular weight is 345 g/mol. The third kappa shape index (κ3) is 2.48. The number of nitrogens with one attached hydrogen (secondary N) is 2. The van der Waals surface area contributed by atoms with Gasteiger partial charge in [0.1, 0.15) is 5.54 Å². The second kappa shape index (κ2) is 5.21. The van der Waals surface area contributed by atoms with Gasteiger partial charge in [0.25, 0.3) is 5.91 Å². The van der Waals surface area contributed by atoms with Crippen molar-refractivity contribution in [1.29, 1.82) is 0 Å². The molecule has 0 unspecified atom stereocenters. The molecule has 4 aliphatic carbocycles. The summed E-state index contributed by atoms with van der Waals surface area (Å²) in [6.45, 7) is 1.14. The van der Waals surface area contributed by atoms with Crippen LogP contribution in [0.3, 0.4) is 0 Å². The van der Waals surface area contributed by atoms with Gasteiger partial charge >= 0.3 is 6.03 Å². The Hall–Kier alpha value is -1.59. The van der Waals surface area contributed by atoms with Crippen LogP contribution in [-0.2, 0) is 9.59 Å². The molecule has 4 saturated carbocycles. The van der Waals surface area contributed by atoms with E-state index >= 15 is 0 Å². The van der Waals surface area contributed by atoms with Crippen molar-refractivity contribution in [3.05, 3.63) is 0 Å². The van der Waals surface area contributed by atoms with Crippen molar-refractivity contribution in [2.45, 2.75) is 63.3 Å². The van der Waals surface area contributed by atoms with Gasteiger partial charge in [0.15, 0.2) is 0 Å². The Morgan fingerprint density at radius 2 is 1.56 bits per heavy atom. The Kier molecular flexibility index (Phi) is 3.26. The standard InChI is InChI=1S/C19H27N3O3/c23-15(11-18-8-12-5-13(9-18)7-14(6-12)10-18)22-3-1-19(2-4-22)16(24)20-17(25)21-19/h12-14H,1-11H2,(H2,20,21,24,25). The molecule has 1 spiro atoms. The first-order valence-electron chi connectivity index (χ1n) is 9.87. The molecule has 25 heavy (non-hydrogen) atoms. The Labute approximate surface area is 148 Å². The van der Waals surface area contributed by atoms with Crippen LogP contribution >= 0.6 is 0 Å². The lowest BCUT2D eigenvalue weighted by Crippen LogP contribution is -2.56. The monoisotopic (exact) mass is 345 g/mol. The molecule has 0 aromatic carbocycles. The summed E-state index contributed by atoms with van der Waals surface area (Å²) in [5, 5.41) is 5.10. The largest absolute Gasteiger partial charge is 0.342 e. The van der Waals surface area contributed by atoms with E-state index in [2.05, 4.69) is 10.6 Å². The van der Waals surface area contributed by atoms with E-state index in [4.69, 9.17) is 0 Å². The van der Waals surface area contributed by atoms with Crippen molar-refractivity contribution in [3.8, 4) is 0 Å². The molecule has 6 fully saturated rings. The highest BCUT2D eigenvalue weighted by Gasteiger charge is 2.53. The third-order valence-electron chi connectivity index (χ3n) is 7.68. The molecule has 4 bridgehead atoms. The van der Waals surface area contributed by atoms with Crippen LogP contribution in [0.15, 0.2) is 0 Å². The van der Waals surface area contributed by atoms with Crippen LogP contribution in [-0.4, -0.2) is 41.4 Å². The molecule has 6 heteroatoms. The Bertz CT molecular complexity index is 601. The summed E-state index contributed by atoms with van der Waals surface area (Å²) in [7, 11) is 0. The smallest absolute Gasteiger partial charge is 0.322 e. The molecule has 2 heterocycles. The normalized spacial score (nSPS) is 41.1. The summed E-state index contributed by atoms with van der Waals surface area (Å²) in [5.41, 5.74) is -0.519. The van der Waals surface area contributed by atoms with E-state index in [-0.39, 0.29) is 17.2 Å². The lowest BCUT2D eigenvalue weighted by atomic mass is 9.49. The number of imide groups is 1. The highest BCUT2D eigenvalue weighted by molar-refractivity contribution is 6.07. The quantitative estimate of drug-likeness (QED) is 0.749. The number of amides is 4. The van der Waals surface area contributed by atoms with Crippen LogP contribution in [0.25, 0.3) is 0 Å². The van der Waals surface area contributed by atoms with E-state index < -0.39 is 11.6 Å². The highest BCUT2D eigenvalue weighted by atomic mass is 16.2. The summed E-state index contributed by atoms with van der Waals surface area (Å²) < 4.78 is 0. The SMILES string of the molecule is O=C1NC(=O)C2(CCN(C(=O)CC34CC5CC(CC(C5)C3)C4)CC2)N1. The summed E-state index contributed by atoms with van der Waals surface area (Å²) in [6.07, 6.45) is 9.69. The Morgan fingerprint density at radius 3 is 2.04 bits per heavy atom. The number of hydrogen-bond donors (Lipinski definition) is 2. The average Bonchev–Trinajstić information content (AvgIpc) is 2.79. The third-order valence-corrected chi connectivity index (χ3v) is 7.68. The number of carbonyl (C=O) groups excluding carboxylic acids is 3. The molecule has 6 rings (SSSR count). The number of piperidine rings is 1. The van der Waals surface area contributed by atoms with Crippen LogP contribution in [0.5, 0.6) is 0 Å². The molecule has 2 N–H and O–H groups in total. The van der Waals surface area contributed by atoms with Gasteiger partial charge in [-0.05, 0) is 74.5 Å². The van der Waals surface area contributed by atoms with Gasteiger partial charge in [0.2, 0.25) is 5.91 Å². The van der Waals surface area contributed by atoms with E-state index in [9.17, 15) is 14.4 Å². The Balaban J connectivity index is 1.23. The fourth-order valence-electron chi connectivity index (χ4n) is 6.96. The molecule has 6 nitrogen and oxygen atoms in total. The lowest BCUT2D eigenvalue weighted by molar-refractivity contribution is -0.142. The first-order valence-corrected chi connectivity index (χ1v) is 9.87. The van der Waals surface area contributed by atoms with Crippen molar-refractivity contribution in [2.75, 3.05) is 13.1 Å². The zero-order chi connectivity index (χ0) is 17.2. The molecule has 6 aliphatic rings. The van der Waals surface area contributed by atoms with Gasteiger partial charge in [-0.2, -0.15) is 0 Å². The second-order valence-electron chi connectivity index (χ2n) is 9.47. The van der Waals surface area contributed by atoms with Gasteiger partial charge in [0.05, 0.1) is 0 Å². The summed E-state index contributed by atoms with van der Waals surface area (Å²) in [6, 6.07) is -0.404. The Morgan fingerprint density at radius 1 is 1.00 bits per heavy atom. The van der Waals surface area contributed by atoms with Crippen molar-refractivity contribution in [1.82, 2.24) is 15.5 Å². The number of hydrogen-bond acceptors (Lipinski definition) is 3. The van der Waals surface area contributed by atoms with E-state index in [1.807, 2.05) is 4.90 Å². The van der Waals surface area contributed by atoms with Crippen molar-refractivity contribution >= 4 is 17.8 Å². The molecule has 0 aromatic rings. The minimum atomic E-state index is -0.783. The second-order valence-corrected chi connectivity index (χ2v) is 9.47. The van der Waals surface area contributed by atoms with Crippen molar-refractivity contribution in [3.63, 3.8) is 0 Å². The van der Waals surface area contributed by atoms with Gasteiger partial charge in [-0.15, -0.1) is 0 Å². The lowest BCUT2D eigenvalue weighted by Gasteiger charge is -2.57. The van der Waals surface area contributed by atoms with Crippen LogP contribution in [0.1, 0.15) is 57.8 Å². The van der Waals surface area contributed by atoms with Crippen molar-refractivity contribution in [2.24, 2.45) is 23.2 Å². The maximum Gasteiger partial charge on any atom is 0.322 e. The fourth-order valence-corrected chi connectivity index (χ4v) is 6.96. The van der Waals surface area contributed by atoms with Crippen molar-refractivity contribution < 1.29 is 14.4 Å². The van der Waals surface area contributed by atoms with E-state index in [1.54, 1.807) is 0 Å². The number of urea groups is 1. The maximum absolute atomic E-state index is 13.0. The van der Waals surface area contributed by atoms with E-state index in [0.29, 0.717) is 32.4 Å². The molecule has 2 aliphatic heterocycles. The minimum Gasteiger partial charge on any atom is -0.342 e. The van der Waals surface area contributed by atoms with Gasteiger partial charge in [-0.25, -0.2) is 4.79 Å². The molecule has 136 valence electrons. The molecule has 4 amide bonds. The number of nitrogens with zero attached hydrogens (tertiary/aromatic N) is 1. The summed E-state index contributed by atoms with van der Waals surface area (Å²) in [4.78, 5) is 38.4. The predicted octanol–water partition coefficient (Wildman–Crippen LogP) is 1.79. The topological polar surface area (TPSA) is 78.5 Å². The first kappa shape index (κ1) is 15.6. The predicted molar refractivity (Wildman–Crippen MR) is 90.4 cm³/mol. The molecule has 0 atom stereocenters. The zero-order valence-corrected chi connectivity index (χ0v) is 14.7. The highest BCUT2D eigenvalue weighted by Crippen LogP contribution is 2.61. The molecular weight excluding hydrogens is 318 g/mol. The first-order chi connectivity index (χ1) is 12.0. The number of likely N-dealkylation sites (tertiary alicyclic amines) is 1. The van der Waals surface area contributed by atoms with Crippen LogP contribution < -0.4 is 10.6 Å². The van der Waals surface area contributed by atoms with Gasteiger partial charge in [-0.3, -0.25) is 14.9 Å². The van der Waals surface area contributed by atoms with Crippen LogP contribution in [0.2, 0.25) is 0 Å². The fraction of sp³-hybridized carbons (Fsp3) is 0.842. The summed E-state index contributed by atoms with van der Waals surface area (Å²) >= 11 is 0. The van der Waals surface area contributed by atoms with Gasteiger partial charge in [0, 0.05) is 19.5 Å². The van der Waals surface area contributed by atoms with Crippen LogP contribution in [0, 0.1) is 23.2 Å². The van der Waals surface area contributed by atoms with Gasteiger partial charge < -0.3 is 10.2 Å². The minimum absolute atomic E-state index is 0.231. The number of rotatable bonds is 2. The van der Waals surface area contributed by atoms with Crippen LogP contribution in [0.4, 0.5) is 4.79 Å².